The molecule has 0 aliphatic heterocycles. The highest BCUT2D eigenvalue weighted by atomic mass is 32.2. The van der Waals surface area contributed by atoms with Crippen LogP contribution >= 0.6 is 11.8 Å². The summed E-state index contributed by atoms with van der Waals surface area (Å²) in [4.78, 5) is 24.8. The average Bonchev–Trinajstić information content (AvgIpc) is 3.24. The number of hydrogen-bond acceptors (Lipinski definition) is 7. The number of para-hydroxylation sites is 1. The number of aromatic nitrogens is 3. The number of thioether (sulfide) groups is 1. The SMILES string of the molecule is CCn1c(SCC(=O)Nc2ccccc2)nnc1[C@@H](CO)NC(=O)c1ccc(OC)cc1. The molecular formula is C22H25N5O4S. The monoisotopic (exact) mass is 455 g/mol. The van der Waals surface area contributed by atoms with Gasteiger partial charge >= 0.3 is 0 Å². The van der Waals surface area contributed by atoms with Crippen LogP contribution in [0.25, 0.3) is 0 Å². The number of nitrogens with one attached hydrogen (secondary N) is 2. The fourth-order valence-corrected chi connectivity index (χ4v) is 3.80. The van der Waals surface area contributed by atoms with E-state index in [0.717, 1.165) is 5.69 Å². The van der Waals surface area contributed by atoms with Crippen LogP contribution in [0.5, 0.6) is 5.75 Å². The highest BCUT2D eigenvalue weighted by molar-refractivity contribution is 7.99. The van der Waals surface area contributed by atoms with Gasteiger partial charge in [0.15, 0.2) is 11.0 Å². The molecule has 0 aliphatic rings. The second-order valence-electron chi connectivity index (χ2n) is 6.73. The van der Waals surface area contributed by atoms with Crippen molar-refractivity contribution in [3.8, 4) is 5.75 Å². The largest absolute Gasteiger partial charge is 0.497 e. The Morgan fingerprint density at radius 1 is 1.12 bits per heavy atom. The first-order valence-electron chi connectivity index (χ1n) is 10.0. The molecule has 1 atom stereocenters. The molecule has 3 aromatic rings. The van der Waals surface area contributed by atoms with Crippen LogP contribution in [-0.4, -0.2) is 51.2 Å². The van der Waals surface area contributed by atoms with Gasteiger partial charge in [0.1, 0.15) is 11.8 Å². The predicted octanol–water partition coefficient (Wildman–Crippen LogP) is 2.50. The Labute approximate surface area is 190 Å². The molecule has 0 aliphatic carbocycles. The van der Waals surface area contributed by atoms with Crippen LogP contribution in [-0.2, 0) is 11.3 Å². The summed E-state index contributed by atoms with van der Waals surface area (Å²) in [6, 6.07) is 15.1. The lowest BCUT2D eigenvalue weighted by molar-refractivity contribution is -0.113. The zero-order valence-electron chi connectivity index (χ0n) is 17.8. The number of aliphatic hydroxyl groups excluding tert-OH is 1. The van der Waals surface area contributed by atoms with Gasteiger partial charge in [-0.1, -0.05) is 30.0 Å². The minimum atomic E-state index is -0.746. The lowest BCUT2D eigenvalue weighted by Crippen LogP contribution is -2.32. The van der Waals surface area contributed by atoms with Gasteiger partial charge < -0.3 is 25.0 Å². The van der Waals surface area contributed by atoms with E-state index in [1.54, 1.807) is 35.9 Å². The van der Waals surface area contributed by atoms with E-state index in [1.165, 1.54) is 11.8 Å². The highest BCUT2D eigenvalue weighted by Gasteiger charge is 2.23. The van der Waals surface area contributed by atoms with Crippen molar-refractivity contribution in [1.29, 1.82) is 0 Å². The van der Waals surface area contributed by atoms with E-state index < -0.39 is 6.04 Å². The van der Waals surface area contributed by atoms with E-state index >= 15 is 0 Å². The van der Waals surface area contributed by atoms with Crippen molar-refractivity contribution in [2.45, 2.75) is 24.7 Å². The number of nitrogens with zero attached hydrogens (tertiary/aromatic N) is 3. The molecule has 0 fully saturated rings. The normalized spacial score (nSPS) is 11.6. The Kier molecular flexibility index (Phi) is 8.23. The Bertz CT molecular complexity index is 1040. The van der Waals surface area contributed by atoms with Gasteiger partial charge in [-0.2, -0.15) is 0 Å². The van der Waals surface area contributed by atoms with Gasteiger partial charge in [-0.25, -0.2) is 0 Å². The number of hydrogen-bond donors (Lipinski definition) is 3. The van der Waals surface area contributed by atoms with Crippen molar-refractivity contribution >= 4 is 29.3 Å². The number of rotatable bonds is 10. The number of carbonyl (C=O) groups excluding carboxylic acids is 2. The first-order valence-corrected chi connectivity index (χ1v) is 11.0. The lowest BCUT2D eigenvalue weighted by atomic mass is 10.2. The van der Waals surface area contributed by atoms with Crippen molar-refractivity contribution in [2.75, 3.05) is 24.8 Å². The minimum Gasteiger partial charge on any atom is -0.497 e. The van der Waals surface area contributed by atoms with Gasteiger partial charge in [-0.15, -0.1) is 10.2 Å². The van der Waals surface area contributed by atoms with Gasteiger partial charge in [-0.05, 0) is 43.3 Å². The maximum absolute atomic E-state index is 12.6. The number of benzene rings is 2. The van der Waals surface area contributed by atoms with Crippen LogP contribution in [0, 0.1) is 0 Å². The summed E-state index contributed by atoms with van der Waals surface area (Å²) in [6.45, 7) is 2.07. The lowest BCUT2D eigenvalue weighted by Gasteiger charge is -2.17. The third kappa shape index (κ3) is 5.86. The molecule has 168 valence electrons. The fraction of sp³-hybridized carbons (Fsp3) is 0.273. The summed E-state index contributed by atoms with van der Waals surface area (Å²) in [5.41, 5.74) is 1.15. The van der Waals surface area contributed by atoms with Gasteiger partial charge in [0.2, 0.25) is 5.91 Å². The van der Waals surface area contributed by atoms with Crippen molar-refractivity contribution in [2.24, 2.45) is 0 Å². The molecule has 32 heavy (non-hydrogen) atoms. The van der Waals surface area contributed by atoms with Crippen molar-refractivity contribution in [1.82, 2.24) is 20.1 Å². The van der Waals surface area contributed by atoms with Gasteiger partial charge in [0.25, 0.3) is 5.91 Å². The zero-order chi connectivity index (χ0) is 22.9. The molecule has 0 saturated heterocycles. The van der Waals surface area contributed by atoms with Crippen LogP contribution < -0.4 is 15.4 Å². The topological polar surface area (TPSA) is 118 Å². The molecule has 0 radical (unpaired) electrons. The molecule has 3 rings (SSSR count). The highest BCUT2D eigenvalue weighted by Crippen LogP contribution is 2.21. The van der Waals surface area contributed by atoms with Gasteiger partial charge in [0.05, 0.1) is 19.5 Å². The molecular weight excluding hydrogens is 430 g/mol. The van der Waals surface area contributed by atoms with Crippen LogP contribution in [0.2, 0.25) is 0 Å². The van der Waals surface area contributed by atoms with Crippen molar-refractivity contribution in [3.05, 3.63) is 66.0 Å². The number of ether oxygens (including phenoxy) is 1. The Hall–Kier alpha value is -3.37. The number of aliphatic hydroxyl groups is 1. The van der Waals surface area contributed by atoms with E-state index in [2.05, 4.69) is 20.8 Å². The maximum atomic E-state index is 12.6. The molecule has 0 bridgehead atoms. The van der Waals surface area contributed by atoms with E-state index in [-0.39, 0.29) is 24.2 Å². The molecule has 3 N–H and O–H groups in total. The summed E-state index contributed by atoms with van der Waals surface area (Å²) in [5.74, 6) is 0.690. The molecule has 2 aromatic carbocycles. The maximum Gasteiger partial charge on any atom is 0.251 e. The molecule has 1 heterocycles. The summed E-state index contributed by atoms with van der Waals surface area (Å²) >= 11 is 1.24. The summed E-state index contributed by atoms with van der Waals surface area (Å²) in [5, 5.41) is 24.3. The second-order valence-corrected chi connectivity index (χ2v) is 7.67. The van der Waals surface area contributed by atoms with Crippen LogP contribution in [0.1, 0.15) is 29.1 Å². The number of methoxy groups -OCH3 is 1. The number of amides is 2. The van der Waals surface area contributed by atoms with E-state index in [9.17, 15) is 14.7 Å². The molecule has 0 saturated carbocycles. The third-order valence-electron chi connectivity index (χ3n) is 4.60. The summed E-state index contributed by atoms with van der Waals surface area (Å²) in [7, 11) is 1.55. The van der Waals surface area contributed by atoms with Crippen LogP contribution in [0.15, 0.2) is 59.8 Å². The third-order valence-corrected chi connectivity index (χ3v) is 5.57. The molecule has 2 amide bonds. The fourth-order valence-electron chi connectivity index (χ4n) is 2.99. The van der Waals surface area contributed by atoms with Crippen LogP contribution in [0.4, 0.5) is 5.69 Å². The first kappa shape index (κ1) is 23.3. The second kappa shape index (κ2) is 11.3. The van der Waals surface area contributed by atoms with Gasteiger partial charge in [0, 0.05) is 17.8 Å². The Morgan fingerprint density at radius 2 is 1.84 bits per heavy atom. The summed E-state index contributed by atoms with van der Waals surface area (Å²) in [6.07, 6.45) is 0. The van der Waals surface area contributed by atoms with Crippen LogP contribution in [0.3, 0.4) is 0 Å². The Morgan fingerprint density at radius 3 is 2.47 bits per heavy atom. The van der Waals surface area contributed by atoms with Crippen molar-refractivity contribution in [3.63, 3.8) is 0 Å². The molecule has 9 nitrogen and oxygen atoms in total. The summed E-state index contributed by atoms with van der Waals surface area (Å²) < 4.78 is 6.88. The number of anilines is 1. The molecule has 0 spiro atoms. The Balaban J connectivity index is 1.66. The molecule has 1 aromatic heterocycles. The molecule has 0 unspecified atom stereocenters. The van der Waals surface area contributed by atoms with E-state index in [1.807, 2.05) is 37.3 Å². The van der Waals surface area contributed by atoms with E-state index in [4.69, 9.17) is 4.74 Å². The van der Waals surface area contributed by atoms with Gasteiger partial charge in [-0.3, -0.25) is 9.59 Å². The standard InChI is InChI=1S/C22H25N5O4S/c1-3-27-20(18(13-28)24-21(30)15-9-11-17(31-2)12-10-15)25-26-22(27)32-14-19(29)23-16-7-5-4-6-8-16/h4-12,18,28H,3,13-14H2,1-2H3,(H,23,29)(H,24,30)/t18-/m1/s1. The van der Waals surface area contributed by atoms with E-state index in [0.29, 0.717) is 28.8 Å². The predicted molar refractivity (Wildman–Crippen MR) is 122 cm³/mol. The zero-order valence-corrected chi connectivity index (χ0v) is 18.6. The minimum absolute atomic E-state index is 0.148. The molecule has 10 heteroatoms. The number of carbonyl (C=O) groups is 2. The smallest absolute Gasteiger partial charge is 0.251 e. The average molecular weight is 456 g/mol. The van der Waals surface area contributed by atoms with Crippen molar-refractivity contribution < 1.29 is 19.4 Å². The first-order chi connectivity index (χ1) is 15.5. The quantitative estimate of drug-likeness (QED) is 0.402.